The largest absolute Gasteiger partial charge is 0.455 e. The van der Waals surface area contributed by atoms with Crippen molar-refractivity contribution in [2.45, 2.75) is 6.92 Å². The second kappa shape index (κ2) is 7.63. The number of para-hydroxylation sites is 1. The van der Waals surface area contributed by atoms with Gasteiger partial charge >= 0.3 is 0 Å². The Hall–Kier alpha value is -4.26. The average molecular weight is 400 g/mol. The number of hydrogen-bond donors (Lipinski definition) is 1. The zero-order valence-electron chi connectivity index (χ0n) is 15.9. The third kappa shape index (κ3) is 3.44. The number of nitro benzene ring substituents is 1. The quantitative estimate of drug-likeness (QED) is 0.386. The molecular weight excluding hydrogens is 384 g/mol. The molecule has 4 aromatic rings. The van der Waals surface area contributed by atoms with E-state index >= 15 is 0 Å². The second-order valence-corrected chi connectivity index (χ2v) is 6.70. The van der Waals surface area contributed by atoms with E-state index < -0.39 is 10.8 Å². The number of nitrogens with zero attached hydrogens (tertiary/aromatic N) is 1. The lowest BCUT2D eigenvalue weighted by Gasteiger charge is -2.11. The minimum atomic E-state index is -0.540. The maximum atomic E-state index is 12.9. The van der Waals surface area contributed by atoms with Crippen LogP contribution < -0.4 is 10.7 Å². The summed E-state index contributed by atoms with van der Waals surface area (Å²) in [5.41, 5.74) is 1.40. The van der Waals surface area contributed by atoms with Crippen molar-refractivity contribution in [3.63, 3.8) is 0 Å². The summed E-state index contributed by atoms with van der Waals surface area (Å²) >= 11 is 0. The Kier molecular flexibility index (Phi) is 4.85. The molecule has 7 heteroatoms. The molecule has 0 saturated heterocycles. The highest BCUT2D eigenvalue weighted by Crippen LogP contribution is 2.28. The molecule has 0 saturated carbocycles. The number of fused-ring (bicyclic) bond motifs is 1. The summed E-state index contributed by atoms with van der Waals surface area (Å²) < 4.78 is 6.04. The van der Waals surface area contributed by atoms with Crippen LogP contribution in [0.3, 0.4) is 0 Å². The van der Waals surface area contributed by atoms with Crippen LogP contribution in [0.5, 0.6) is 0 Å². The van der Waals surface area contributed by atoms with E-state index in [1.165, 1.54) is 18.2 Å². The Morgan fingerprint density at radius 1 is 1.00 bits per heavy atom. The average Bonchev–Trinajstić information content (AvgIpc) is 2.76. The highest BCUT2D eigenvalue weighted by Gasteiger charge is 2.19. The van der Waals surface area contributed by atoms with Gasteiger partial charge in [-0.05, 0) is 25.1 Å². The van der Waals surface area contributed by atoms with Crippen LogP contribution in [-0.2, 0) is 0 Å². The normalized spacial score (nSPS) is 10.7. The predicted octanol–water partition coefficient (Wildman–Crippen LogP) is 4.93. The number of carbonyl (C=O) groups is 1. The maximum Gasteiger partial charge on any atom is 0.271 e. The van der Waals surface area contributed by atoms with Crippen molar-refractivity contribution in [2.75, 3.05) is 5.32 Å². The van der Waals surface area contributed by atoms with Crippen molar-refractivity contribution in [3.8, 4) is 11.3 Å². The number of carbonyl (C=O) groups excluding carboxylic acids is 1. The fourth-order valence-corrected chi connectivity index (χ4v) is 3.25. The molecule has 1 aromatic heterocycles. The number of non-ortho nitro benzene ring substituents is 1. The molecule has 1 amide bonds. The molecule has 0 aliphatic rings. The molecule has 0 atom stereocenters. The Morgan fingerprint density at radius 3 is 2.47 bits per heavy atom. The Labute approximate surface area is 170 Å². The van der Waals surface area contributed by atoms with Gasteiger partial charge in [0.1, 0.15) is 5.76 Å². The van der Waals surface area contributed by atoms with Gasteiger partial charge in [-0.15, -0.1) is 0 Å². The van der Waals surface area contributed by atoms with E-state index in [9.17, 15) is 19.7 Å². The molecule has 7 nitrogen and oxygen atoms in total. The lowest BCUT2D eigenvalue weighted by Crippen LogP contribution is -2.15. The first kappa shape index (κ1) is 19.1. The number of amides is 1. The third-order valence-electron chi connectivity index (χ3n) is 4.74. The van der Waals surface area contributed by atoms with Gasteiger partial charge in [0.25, 0.3) is 11.6 Å². The van der Waals surface area contributed by atoms with E-state index in [0.717, 1.165) is 5.56 Å². The fraction of sp³-hybridized carbons (Fsp3) is 0.0435. The van der Waals surface area contributed by atoms with Crippen LogP contribution in [0.25, 0.3) is 22.3 Å². The van der Waals surface area contributed by atoms with E-state index in [1.54, 1.807) is 31.2 Å². The zero-order valence-corrected chi connectivity index (χ0v) is 15.9. The van der Waals surface area contributed by atoms with Crippen LogP contribution in [0.1, 0.15) is 15.9 Å². The molecule has 0 aliphatic heterocycles. The first-order valence-electron chi connectivity index (χ1n) is 9.13. The van der Waals surface area contributed by atoms with Gasteiger partial charge in [0.05, 0.1) is 15.9 Å². The summed E-state index contributed by atoms with van der Waals surface area (Å²) in [6.07, 6.45) is 0. The van der Waals surface area contributed by atoms with Crippen LogP contribution in [0.15, 0.2) is 82.0 Å². The minimum Gasteiger partial charge on any atom is -0.455 e. The van der Waals surface area contributed by atoms with Gasteiger partial charge in [-0.2, -0.15) is 0 Å². The number of nitrogens with one attached hydrogen (secondary N) is 1. The summed E-state index contributed by atoms with van der Waals surface area (Å²) in [7, 11) is 0. The number of benzene rings is 3. The molecule has 0 bridgehead atoms. The highest BCUT2D eigenvalue weighted by molar-refractivity contribution is 6.11. The van der Waals surface area contributed by atoms with Crippen LogP contribution in [-0.4, -0.2) is 10.8 Å². The first-order valence-corrected chi connectivity index (χ1v) is 9.13. The fourth-order valence-electron chi connectivity index (χ4n) is 3.25. The monoisotopic (exact) mass is 400 g/mol. The second-order valence-electron chi connectivity index (χ2n) is 6.70. The van der Waals surface area contributed by atoms with E-state index in [4.69, 9.17) is 4.42 Å². The van der Waals surface area contributed by atoms with Crippen molar-refractivity contribution in [1.82, 2.24) is 0 Å². The molecule has 0 radical (unpaired) electrons. The summed E-state index contributed by atoms with van der Waals surface area (Å²) in [6.45, 7) is 1.68. The zero-order chi connectivity index (χ0) is 21.3. The summed E-state index contributed by atoms with van der Waals surface area (Å²) in [4.78, 5) is 36.2. The Bertz CT molecular complexity index is 1340. The maximum absolute atomic E-state index is 12.9. The van der Waals surface area contributed by atoms with Crippen molar-refractivity contribution in [1.29, 1.82) is 0 Å². The number of hydrogen-bond acceptors (Lipinski definition) is 5. The minimum absolute atomic E-state index is 0.140. The molecule has 0 fully saturated rings. The molecular formula is C23H16N2O5. The first-order chi connectivity index (χ1) is 14.5. The van der Waals surface area contributed by atoms with Crippen LogP contribution in [0, 0.1) is 17.0 Å². The number of rotatable bonds is 4. The van der Waals surface area contributed by atoms with Gasteiger partial charge < -0.3 is 9.73 Å². The van der Waals surface area contributed by atoms with Crippen molar-refractivity contribution < 1.29 is 14.1 Å². The van der Waals surface area contributed by atoms with Gasteiger partial charge in [0.15, 0.2) is 11.0 Å². The molecule has 148 valence electrons. The summed E-state index contributed by atoms with van der Waals surface area (Å²) in [5, 5.41) is 13.9. The number of nitro groups is 1. The smallest absolute Gasteiger partial charge is 0.271 e. The molecule has 1 N–H and O–H groups in total. The van der Waals surface area contributed by atoms with Crippen molar-refractivity contribution >= 4 is 28.3 Å². The van der Waals surface area contributed by atoms with E-state index in [-0.39, 0.29) is 28.0 Å². The van der Waals surface area contributed by atoms with Crippen molar-refractivity contribution in [2.24, 2.45) is 0 Å². The van der Waals surface area contributed by atoms with Gasteiger partial charge in [-0.3, -0.25) is 19.7 Å². The molecule has 4 rings (SSSR count). The van der Waals surface area contributed by atoms with E-state index in [2.05, 4.69) is 5.32 Å². The van der Waals surface area contributed by atoms with Gasteiger partial charge in [-0.25, -0.2) is 0 Å². The predicted molar refractivity (Wildman–Crippen MR) is 114 cm³/mol. The molecule has 0 spiro atoms. The third-order valence-corrected chi connectivity index (χ3v) is 4.74. The van der Waals surface area contributed by atoms with E-state index in [1.807, 2.05) is 30.3 Å². The topological polar surface area (TPSA) is 102 Å². The molecule has 30 heavy (non-hydrogen) atoms. The van der Waals surface area contributed by atoms with Gasteiger partial charge in [0, 0.05) is 28.9 Å². The van der Waals surface area contributed by atoms with Gasteiger partial charge in [-0.1, -0.05) is 42.5 Å². The van der Waals surface area contributed by atoms with Crippen LogP contribution in [0.4, 0.5) is 11.4 Å². The standard InChI is InChI=1S/C23H16N2O5/c1-14-20(26)18-11-6-12-19(22(18)30-21(14)15-7-3-2-4-8-15)23(27)24-16-9-5-10-17(13-16)25(28)29/h2-13H,1H3,(H,24,27). The van der Waals surface area contributed by atoms with Crippen molar-refractivity contribution in [3.05, 3.63) is 104 Å². The Balaban J connectivity index is 1.82. The molecule has 0 aliphatic carbocycles. The van der Waals surface area contributed by atoms with Crippen LogP contribution >= 0.6 is 0 Å². The van der Waals surface area contributed by atoms with Crippen LogP contribution in [0.2, 0.25) is 0 Å². The highest BCUT2D eigenvalue weighted by atomic mass is 16.6. The van der Waals surface area contributed by atoms with Gasteiger partial charge in [0.2, 0.25) is 0 Å². The summed E-state index contributed by atoms with van der Waals surface area (Å²) in [6, 6.07) is 19.5. The molecule has 3 aromatic carbocycles. The molecule has 1 heterocycles. The summed E-state index contributed by atoms with van der Waals surface area (Å²) in [5.74, 6) is -0.143. The van der Waals surface area contributed by atoms with E-state index in [0.29, 0.717) is 16.7 Å². The lowest BCUT2D eigenvalue weighted by molar-refractivity contribution is -0.384. The number of anilines is 1. The Morgan fingerprint density at radius 2 is 1.73 bits per heavy atom. The SMILES string of the molecule is Cc1c(-c2ccccc2)oc2c(C(=O)Nc3cccc([N+](=O)[O-])c3)cccc2c1=O. The lowest BCUT2D eigenvalue weighted by atomic mass is 10.0. The molecule has 0 unspecified atom stereocenters.